The molecule has 3 atom stereocenters. The van der Waals surface area contributed by atoms with Gasteiger partial charge in [0, 0.05) is 46.7 Å². The largest absolute Gasteiger partial charge is 0.465 e. The lowest BCUT2D eigenvalue weighted by molar-refractivity contribution is -0.142. The van der Waals surface area contributed by atoms with E-state index < -0.39 is 17.9 Å². The van der Waals surface area contributed by atoms with Crippen LogP contribution < -0.4 is 5.32 Å². The third kappa shape index (κ3) is 4.75. The SMILES string of the molecule is COC(=O)c1ccc(C2C(C(=O)OCC3CCCO3)=C(C)NC3=C2C(=O)CC(c2cccs2)C3)cc1. The number of ether oxygens (including phenoxy) is 3. The topological polar surface area (TPSA) is 90.9 Å². The molecule has 1 saturated heterocycles. The van der Waals surface area contributed by atoms with Crippen molar-refractivity contribution in [3.8, 4) is 0 Å². The van der Waals surface area contributed by atoms with E-state index in [1.165, 1.54) is 12.0 Å². The summed E-state index contributed by atoms with van der Waals surface area (Å²) in [4.78, 5) is 40.2. The van der Waals surface area contributed by atoms with Crippen molar-refractivity contribution in [3.63, 3.8) is 0 Å². The fraction of sp³-hybridized carbons (Fsp3) is 0.393. The summed E-state index contributed by atoms with van der Waals surface area (Å²) in [7, 11) is 1.33. The highest BCUT2D eigenvalue weighted by Crippen LogP contribution is 2.46. The number of nitrogens with one attached hydrogen (secondary N) is 1. The number of esters is 2. The van der Waals surface area contributed by atoms with Gasteiger partial charge in [0.2, 0.25) is 0 Å². The van der Waals surface area contributed by atoms with Crippen molar-refractivity contribution >= 4 is 29.1 Å². The van der Waals surface area contributed by atoms with Crippen LogP contribution in [0.5, 0.6) is 0 Å². The third-order valence-electron chi connectivity index (χ3n) is 7.08. The molecule has 2 aliphatic heterocycles. The van der Waals surface area contributed by atoms with Gasteiger partial charge in [-0.1, -0.05) is 18.2 Å². The van der Waals surface area contributed by atoms with E-state index in [1.54, 1.807) is 35.6 Å². The van der Waals surface area contributed by atoms with E-state index in [1.807, 2.05) is 18.4 Å². The van der Waals surface area contributed by atoms with Crippen LogP contribution in [0.1, 0.15) is 65.2 Å². The van der Waals surface area contributed by atoms with Gasteiger partial charge in [-0.2, -0.15) is 0 Å². The summed E-state index contributed by atoms with van der Waals surface area (Å²) >= 11 is 1.65. The Balaban J connectivity index is 1.51. The van der Waals surface area contributed by atoms with E-state index in [0.29, 0.717) is 41.9 Å². The molecule has 0 amide bonds. The molecule has 3 unspecified atom stereocenters. The van der Waals surface area contributed by atoms with E-state index in [2.05, 4.69) is 11.4 Å². The Morgan fingerprint density at radius 1 is 1.14 bits per heavy atom. The molecule has 3 aliphatic rings. The fourth-order valence-electron chi connectivity index (χ4n) is 5.32. The van der Waals surface area contributed by atoms with Crippen LogP contribution in [0.3, 0.4) is 0 Å². The molecule has 1 aromatic heterocycles. The first-order valence-electron chi connectivity index (χ1n) is 12.2. The van der Waals surface area contributed by atoms with Crippen LogP contribution in [0.2, 0.25) is 0 Å². The number of rotatable bonds is 6. The summed E-state index contributed by atoms with van der Waals surface area (Å²) in [5.74, 6) is -1.37. The number of carbonyl (C=O) groups excluding carboxylic acids is 3. The quantitative estimate of drug-likeness (QED) is 0.571. The van der Waals surface area contributed by atoms with Crippen molar-refractivity contribution in [1.82, 2.24) is 5.32 Å². The van der Waals surface area contributed by atoms with E-state index in [4.69, 9.17) is 14.2 Å². The van der Waals surface area contributed by atoms with Gasteiger partial charge >= 0.3 is 11.9 Å². The lowest BCUT2D eigenvalue weighted by Gasteiger charge is -2.36. The van der Waals surface area contributed by atoms with Crippen LogP contribution >= 0.6 is 11.3 Å². The smallest absolute Gasteiger partial charge is 0.337 e. The van der Waals surface area contributed by atoms with Crippen LogP contribution in [-0.4, -0.2) is 44.1 Å². The lowest BCUT2D eigenvalue weighted by Crippen LogP contribution is -2.36. The molecular weight excluding hydrogens is 478 g/mol. The Labute approximate surface area is 214 Å². The molecule has 7 nitrogen and oxygen atoms in total. The second kappa shape index (κ2) is 10.4. The Bertz CT molecular complexity index is 1220. The monoisotopic (exact) mass is 507 g/mol. The van der Waals surface area contributed by atoms with Crippen LogP contribution in [-0.2, 0) is 23.8 Å². The summed E-state index contributed by atoms with van der Waals surface area (Å²) < 4.78 is 16.1. The minimum Gasteiger partial charge on any atom is -0.465 e. The number of benzene rings is 1. The summed E-state index contributed by atoms with van der Waals surface area (Å²) in [5, 5.41) is 5.40. The van der Waals surface area contributed by atoms with E-state index in [0.717, 1.165) is 24.1 Å². The standard InChI is InChI=1S/C28H29NO6S/c1-16-24(28(32)35-15-20-5-3-11-34-20)25(17-7-9-18(10-8-17)27(31)33-2)26-21(29-16)13-19(14-22(26)30)23-6-4-12-36-23/h4,6-10,12,19-20,25,29H,3,5,11,13-15H2,1-2H3. The first-order valence-corrected chi connectivity index (χ1v) is 13.1. The number of methoxy groups -OCH3 is 1. The molecule has 3 heterocycles. The Morgan fingerprint density at radius 3 is 2.61 bits per heavy atom. The summed E-state index contributed by atoms with van der Waals surface area (Å²) in [5.41, 5.74) is 3.69. The number of hydrogen-bond donors (Lipinski definition) is 1. The van der Waals surface area contributed by atoms with Crippen LogP contribution in [0.25, 0.3) is 0 Å². The molecule has 8 heteroatoms. The number of Topliss-reactive ketones (excluding diaryl/α,β-unsaturated/α-hetero) is 1. The lowest BCUT2D eigenvalue weighted by atomic mass is 9.72. The highest BCUT2D eigenvalue weighted by Gasteiger charge is 2.41. The average molecular weight is 508 g/mol. The van der Waals surface area contributed by atoms with E-state index in [9.17, 15) is 14.4 Å². The predicted molar refractivity (Wildman–Crippen MR) is 135 cm³/mol. The Hall–Kier alpha value is -3.23. The van der Waals surface area contributed by atoms with Crippen molar-refractivity contribution in [3.05, 3.63) is 80.3 Å². The van der Waals surface area contributed by atoms with Crippen LogP contribution in [0, 0.1) is 0 Å². The molecule has 0 saturated carbocycles. The maximum absolute atomic E-state index is 13.6. The molecule has 0 bridgehead atoms. The minimum atomic E-state index is -0.582. The number of dihydropyridines is 1. The molecule has 188 valence electrons. The zero-order chi connectivity index (χ0) is 25.2. The predicted octanol–water partition coefficient (Wildman–Crippen LogP) is 4.62. The van der Waals surface area contributed by atoms with Gasteiger partial charge in [-0.25, -0.2) is 9.59 Å². The zero-order valence-corrected chi connectivity index (χ0v) is 21.2. The average Bonchev–Trinajstić information content (AvgIpc) is 3.61. The van der Waals surface area contributed by atoms with Crippen molar-refractivity contribution in [2.75, 3.05) is 20.3 Å². The normalized spacial score (nSPS) is 23.8. The van der Waals surface area contributed by atoms with Crippen LogP contribution in [0.15, 0.2) is 64.3 Å². The van der Waals surface area contributed by atoms with Gasteiger partial charge in [0.05, 0.1) is 24.4 Å². The fourth-order valence-corrected chi connectivity index (χ4v) is 6.15. The van der Waals surface area contributed by atoms with E-state index >= 15 is 0 Å². The molecule has 5 rings (SSSR count). The maximum atomic E-state index is 13.6. The molecule has 1 aromatic carbocycles. The highest BCUT2D eigenvalue weighted by molar-refractivity contribution is 7.10. The summed E-state index contributed by atoms with van der Waals surface area (Å²) in [6.07, 6.45) is 2.79. The molecule has 1 fully saturated rings. The molecular formula is C28H29NO6S. The van der Waals surface area contributed by atoms with Gasteiger partial charge in [0.25, 0.3) is 0 Å². The number of ketones is 1. The molecule has 1 aliphatic carbocycles. The van der Waals surface area contributed by atoms with Gasteiger partial charge in [-0.15, -0.1) is 11.3 Å². The number of allylic oxidation sites excluding steroid dienone is 3. The zero-order valence-electron chi connectivity index (χ0n) is 20.4. The maximum Gasteiger partial charge on any atom is 0.337 e. The van der Waals surface area contributed by atoms with Crippen molar-refractivity contribution in [2.24, 2.45) is 0 Å². The Kier molecular flexibility index (Phi) is 7.07. The van der Waals surface area contributed by atoms with Crippen molar-refractivity contribution < 1.29 is 28.6 Å². The second-order valence-corrected chi connectivity index (χ2v) is 10.4. The molecule has 36 heavy (non-hydrogen) atoms. The second-order valence-electron chi connectivity index (χ2n) is 9.38. The molecule has 1 N–H and O–H groups in total. The molecule has 0 spiro atoms. The Morgan fingerprint density at radius 2 is 1.94 bits per heavy atom. The summed E-state index contributed by atoms with van der Waals surface area (Å²) in [6, 6.07) is 11.0. The minimum absolute atomic E-state index is 0.0149. The molecule has 2 aromatic rings. The molecule has 0 radical (unpaired) electrons. The van der Waals surface area contributed by atoms with Gasteiger partial charge in [0.1, 0.15) is 6.61 Å². The number of thiophene rings is 1. The van der Waals surface area contributed by atoms with Crippen molar-refractivity contribution in [1.29, 1.82) is 0 Å². The summed E-state index contributed by atoms with van der Waals surface area (Å²) in [6.45, 7) is 2.71. The first kappa shape index (κ1) is 24.5. The number of carbonyl (C=O) groups is 3. The van der Waals surface area contributed by atoms with E-state index in [-0.39, 0.29) is 24.4 Å². The third-order valence-corrected chi connectivity index (χ3v) is 8.12. The first-order chi connectivity index (χ1) is 17.5. The highest BCUT2D eigenvalue weighted by atomic mass is 32.1. The van der Waals surface area contributed by atoms with Crippen LogP contribution in [0.4, 0.5) is 0 Å². The van der Waals surface area contributed by atoms with Gasteiger partial charge in [0.15, 0.2) is 5.78 Å². The number of hydrogen-bond acceptors (Lipinski definition) is 8. The van der Waals surface area contributed by atoms with Crippen molar-refractivity contribution in [2.45, 2.75) is 50.5 Å². The van der Waals surface area contributed by atoms with Gasteiger partial charge in [-0.05, 0) is 55.3 Å². The van der Waals surface area contributed by atoms with Gasteiger partial charge in [-0.3, -0.25) is 4.79 Å². The van der Waals surface area contributed by atoms with Gasteiger partial charge < -0.3 is 19.5 Å².